The zero-order valence-electron chi connectivity index (χ0n) is 18.7. The Morgan fingerprint density at radius 2 is 1.82 bits per heavy atom. The van der Waals surface area contributed by atoms with Crippen LogP contribution in [0.3, 0.4) is 0 Å². The molecule has 6 nitrogen and oxygen atoms in total. The molecule has 4 heterocycles. The molecule has 0 unspecified atom stereocenters. The molecule has 33 heavy (non-hydrogen) atoms. The lowest BCUT2D eigenvalue weighted by molar-refractivity contribution is 0.728. The molecule has 0 N–H and O–H groups in total. The van der Waals surface area contributed by atoms with Crippen molar-refractivity contribution >= 4 is 39.0 Å². The second-order valence-corrected chi connectivity index (χ2v) is 9.99. The van der Waals surface area contributed by atoms with Crippen molar-refractivity contribution in [3.63, 3.8) is 0 Å². The van der Waals surface area contributed by atoms with Gasteiger partial charge in [0.1, 0.15) is 10.5 Å². The molecule has 0 radical (unpaired) electrons. The van der Waals surface area contributed by atoms with E-state index in [1.165, 1.54) is 44.7 Å². The predicted octanol–water partition coefficient (Wildman–Crippen LogP) is 4.89. The summed E-state index contributed by atoms with van der Waals surface area (Å²) < 4.78 is 3.11. The zero-order chi connectivity index (χ0) is 23.3. The van der Waals surface area contributed by atoms with Crippen molar-refractivity contribution in [2.45, 2.75) is 31.7 Å². The van der Waals surface area contributed by atoms with Crippen molar-refractivity contribution in [2.75, 3.05) is 0 Å². The minimum atomic E-state index is -0.121. The molecule has 5 aromatic rings. The van der Waals surface area contributed by atoms with Gasteiger partial charge in [-0.25, -0.2) is 9.97 Å². The fraction of sp³-hybridized carbons (Fsp3) is 0.200. The van der Waals surface area contributed by atoms with E-state index in [9.17, 15) is 9.59 Å². The number of benzene rings is 1. The first-order chi connectivity index (χ1) is 15.8. The molecular formula is C25H22N4O2S2. The first kappa shape index (κ1) is 21.6. The van der Waals surface area contributed by atoms with Crippen LogP contribution in [0.5, 0.6) is 0 Å². The Kier molecular flexibility index (Phi) is 5.42. The third-order valence-electron chi connectivity index (χ3n) is 5.82. The quantitative estimate of drug-likeness (QED) is 0.274. The van der Waals surface area contributed by atoms with Crippen LogP contribution in [0.15, 0.2) is 62.7 Å². The number of rotatable bonds is 4. The standard InChI is InChI=1S/C25H22N4O2S2/c1-14-7-8-29-20(9-14)26-18(11-21(29)30)12-33-25-27-23-22(24(31)28(25)4)19(13-32-23)17-6-5-15(2)16(3)10-17/h5-11,13H,12H2,1-4H3. The number of aromatic nitrogens is 4. The van der Waals surface area contributed by atoms with E-state index in [-0.39, 0.29) is 11.1 Å². The lowest BCUT2D eigenvalue weighted by Gasteiger charge is -2.09. The first-order valence-electron chi connectivity index (χ1n) is 10.5. The summed E-state index contributed by atoms with van der Waals surface area (Å²) in [5.74, 6) is 0.445. The van der Waals surface area contributed by atoms with Gasteiger partial charge < -0.3 is 0 Å². The number of pyridine rings is 1. The molecule has 8 heteroatoms. The number of aryl methyl sites for hydroxylation is 3. The number of hydrogen-bond acceptors (Lipinski definition) is 6. The Hall–Kier alpha value is -3.23. The van der Waals surface area contributed by atoms with Crippen molar-refractivity contribution in [3.05, 3.63) is 91.1 Å². The average Bonchev–Trinajstić information content (AvgIpc) is 3.21. The third-order valence-corrected chi connectivity index (χ3v) is 7.75. The van der Waals surface area contributed by atoms with Crippen LogP contribution >= 0.6 is 23.1 Å². The molecule has 0 saturated heterocycles. The maximum atomic E-state index is 13.3. The SMILES string of the molecule is Cc1ccn2c(=O)cc(CSc3nc4scc(-c5ccc(C)c(C)c5)c4c(=O)n3C)nc2c1. The van der Waals surface area contributed by atoms with Crippen molar-refractivity contribution in [2.24, 2.45) is 7.05 Å². The monoisotopic (exact) mass is 474 g/mol. The van der Waals surface area contributed by atoms with Gasteiger partial charge >= 0.3 is 0 Å². The van der Waals surface area contributed by atoms with Gasteiger partial charge in [-0.15, -0.1) is 11.3 Å². The molecule has 166 valence electrons. The van der Waals surface area contributed by atoms with Gasteiger partial charge in [0.15, 0.2) is 5.16 Å². The number of nitrogens with zero attached hydrogens (tertiary/aromatic N) is 4. The molecular weight excluding hydrogens is 452 g/mol. The molecule has 0 fully saturated rings. The fourth-order valence-corrected chi connectivity index (χ4v) is 5.62. The largest absolute Gasteiger partial charge is 0.290 e. The molecule has 0 amide bonds. The molecule has 5 rings (SSSR count). The van der Waals surface area contributed by atoms with Gasteiger partial charge in [0.2, 0.25) is 0 Å². The molecule has 0 atom stereocenters. The number of hydrogen-bond donors (Lipinski definition) is 0. The molecule has 4 aromatic heterocycles. The molecule has 1 aromatic carbocycles. The van der Waals surface area contributed by atoms with Crippen LogP contribution in [0.25, 0.3) is 27.0 Å². The maximum Gasteiger partial charge on any atom is 0.263 e. The average molecular weight is 475 g/mol. The minimum Gasteiger partial charge on any atom is -0.290 e. The van der Waals surface area contributed by atoms with Crippen LogP contribution in [0.4, 0.5) is 0 Å². The van der Waals surface area contributed by atoms with Gasteiger partial charge in [0, 0.05) is 36.0 Å². The third kappa shape index (κ3) is 3.89. The Morgan fingerprint density at radius 3 is 2.61 bits per heavy atom. The molecule has 0 saturated carbocycles. The van der Waals surface area contributed by atoms with E-state index in [0.717, 1.165) is 21.5 Å². The van der Waals surface area contributed by atoms with Crippen molar-refractivity contribution in [1.29, 1.82) is 0 Å². The molecule has 0 bridgehead atoms. The van der Waals surface area contributed by atoms with E-state index in [4.69, 9.17) is 4.98 Å². The van der Waals surface area contributed by atoms with E-state index in [1.54, 1.807) is 17.8 Å². The smallest absolute Gasteiger partial charge is 0.263 e. The summed E-state index contributed by atoms with van der Waals surface area (Å²) in [6, 6.07) is 11.6. The van der Waals surface area contributed by atoms with E-state index in [1.807, 2.05) is 24.4 Å². The van der Waals surface area contributed by atoms with Crippen molar-refractivity contribution in [3.8, 4) is 11.1 Å². The van der Waals surface area contributed by atoms with Crippen LogP contribution in [0.2, 0.25) is 0 Å². The normalized spacial score (nSPS) is 11.5. The number of fused-ring (bicyclic) bond motifs is 2. The van der Waals surface area contributed by atoms with Crippen LogP contribution in [0, 0.1) is 20.8 Å². The molecule has 0 aliphatic heterocycles. The van der Waals surface area contributed by atoms with Gasteiger partial charge in [-0.2, -0.15) is 0 Å². The summed E-state index contributed by atoms with van der Waals surface area (Å²) >= 11 is 2.88. The summed E-state index contributed by atoms with van der Waals surface area (Å²) in [5.41, 5.74) is 6.49. The van der Waals surface area contributed by atoms with Gasteiger partial charge in [-0.3, -0.25) is 18.6 Å². The highest BCUT2D eigenvalue weighted by molar-refractivity contribution is 7.98. The maximum absolute atomic E-state index is 13.3. The fourth-order valence-electron chi connectivity index (χ4n) is 3.77. The number of thioether (sulfide) groups is 1. The summed E-state index contributed by atoms with van der Waals surface area (Å²) in [6.45, 7) is 6.12. The second kappa shape index (κ2) is 8.28. The summed E-state index contributed by atoms with van der Waals surface area (Å²) in [4.78, 5) is 35.8. The Morgan fingerprint density at radius 1 is 1.00 bits per heavy atom. The lowest BCUT2D eigenvalue weighted by Crippen LogP contribution is -2.20. The van der Waals surface area contributed by atoms with Gasteiger partial charge in [0.25, 0.3) is 11.1 Å². The van der Waals surface area contributed by atoms with Gasteiger partial charge in [0.05, 0.1) is 11.1 Å². The Bertz CT molecular complexity index is 1660. The van der Waals surface area contributed by atoms with Gasteiger partial charge in [-0.05, 0) is 55.2 Å². The van der Waals surface area contributed by atoms with E-state index >= 15 is 0 Å². The van der Waals surface area contributed by atoms with E-state index in [0.29, 0.717) is 27.6 Å². The van der Waals surface area contributed by atoms with Crippen LogP contribution in [-0.4, -0.2) is 18.9 Å². The highest BCUT2D eigenvalue weighted by Crippen LogP contribution is 2.33. The topological polar surface area (TPSA) is 69.3 Å². The van der Waals surface area contributed by atoms with Crippen molar-refractivity contribution in [1.82, 2.24) is 18.9 Å². The van der Waals surface area contributed by atoms with E-state index in [2.05, 4.69) is 37.0 Å². The Balaban J connectivity index is 1.50. The van der Waals surface area contributed by atoms with Crippen molar-refractivity contribution < 1.29 is 0 Å². The van der Waals surface area contributed by atoms with Crippen LogP contribution in [-0.2, 0) is 12.8 Å². The second-order valence-electron chi connectivity index (χ2n) is 8.19. The van der Waals surface area contributed by atoms with E-state index < -0.39 is 0 Å². The zero-order valence-corrected chi connectivity index (χ0v) is 20.4. The molecule has 0 aliphatic carbocycles. The Labute approximate surface area is 198 Å². The summed E-state index contributed by atoms with van der Waals surface area (Å²) in [5, 5.41) is 3.26. The highest BCUT2D eigenvalue weighted by atomic mass is 32.2. The van der Waals surface area contributed by atoms with Crippen LogP contribution < -0.4 is 11.1 Å². The predicted molar refractivity (Wildman–Crippen MR) is 136 cm³/mol. The number of thiophene rings is 1. The molecule has 0 aliphatic rings. The minimum absolute atomic E-state index is 0.0702. The highest BCUT2D eigenvalue weighted by Gasteiger charge is 2.16. The molecule has 0 spiro atoms. The first-order valence-corrected chi connectivity index (χ1v) is 12.4. The lowest BCUT2D eigenvalue weighted by atomic mass is 10.0. The van der Waals surface area contributed by atoms with Crippen LogP contribution in [0.1, 0.15) is 22.4 Å². The summed E-state index contributed by atoms with van der Waals surface area (Å²) in [6.07, 6.45) is 1.74. The summed E-state index contributed by atoms with van der Waals surface area (Å²) in [7, 11) is 1.74. The van der Waals surface area contributed by atoms with Gasteiger partial charge in [-0.1, -0.05) is 30.0 Å².